The zero-order chi connectivity index (χ0) is 27.1. The molecule has 0 spiro atoms. The molecule has 0 saturated carbocycles. The molecule has 2 saturated heterocycles. The Hall–Kier alpha value is -3.76. The normalized spacial score (nSPS) is 16.7. The fraction of sp³-hybridized carbons (Fsp3) is 0.357. The van der Waals surface area contributed by atoms with Crippen LogP contribution in [0.2, 0.25) is 5.02 Å². The van der Waals surface area contributed by atoms with Crippen molar-refractivity contribution in [2.75, 3.05) is 44.3 Å². The third kappa shape index (κ3) is 4.68. The van der Waals surface area contributed by atoms with Crippen molar-refractivity contribution in [3.05, 3.63) is 53.5 Å². The van der Waals surface area contributed by atoms with Crippen molar-refractivity contribution in [3.8, 4) is 17.1 Å². The number of halogens is 2. The molecule has 0 unspecified atom stereocenters. The van der Waals surface area contributed by atoms with Crippen LogP contribution in [0, 0.1) is 12.7 Å². The predicted molar refractivity (Wildman–Crippen MR) is 148 cm³/mol. The number of aryl methyl sites for hydroxylation is 1. The maximum atomic E-state index is 16.6. The Balaban J connectivity index is 1.49. The molecule has 0 bridgehead atoms. The first kappa shape index (κ1) is 25.5. The lowest BCUT2D eigenvalue weighted by Gasteiger charge is -2.35. The van der Waals surface area contributed by atoms with Crippen LogP contribution in [0.15, 0.2) is 37.1 Å². The molecule has 9 nitrogen and oxygen atoms in total. The van der Waals surface area contributed by atoms with Gasteiger partial charge in [0.2, 0.25) is 5.91 Å². The van der Waals surface area contributed by atoms with E-state index in [-0.39, 0.29) is 34.1 Å². The number of ether oxygens (including phenoxy) is 2. The molecular weight excluding hydrogens is 523 g/mol. The summed E-state index contributed by atoms with van der Waals surface area (Å²) >= 11 is 6.82. The summed E-state index contributed by atoms with van der Waals surface area (Å²) in [6.45, 7) is 8.67. The molecule has 2 aromatic carbocycles. The summed E-state index contributed by atoms with van der Waals surface area (Å²) < 4.78 is 28.2. The number of nitrogens with one attached hydrogen (secondary N) is 1. The Morgan fingerprint density at radius 2 is 1.95 bits per heavy atom. The highest BCUT2D eigenvalue weighted by atomic mass is 35.5. The predicted octanol–water partition coefficient (Wildman–Crippen LogP) is 4.67. The topological polar surface area (TPSA) is 96.5 Å². The second-order valence-electron chi connectivity index (χ2n) is 9.81. The molecule has 202 valence electrons. The van der Waals surface area contributed by atoms with Crippen LogP contribution in [-0.2, 0) is 9.53 Å². The van der Waals surface area contributed by atoms with Gasteiger partial charge in [0.1, 0.15) is 17.4 Å². The highest BCUT2D eigenvalue weighted by Gasteiger charge is 2.28. The molecule has 11 heteroatoms. The molecule has 0 aliphatic carbocycles. The number of amides is 1. The van der Waals surface area contributed by atoms with Gasteiger partial charge in [0.05, 0.1) is 29.9 Å². The smallest absolute Gasteiger partial charge is 0.319 e. The third-order valence-corrected chi connectivity index (χ3v) is 7.73. The number of carbonyl (C=O) groups is 1. The molecule has 2 aliphatic heterocycles. The van der Waals surface area contributed by atoms with Gasteiger partial charge in [0.25, 0.3) is 0 Å². The van der Waals surface area contributed by atoms with E-state index in [1.54, 1.807) is 17.2 Å². The van der Waals surface area contributed by atoms with Crippen molar-refractivity contribution in [2.24, 2.45) is 0 Å². The summed E-state index contributed by atoms with van der Waals surface area (Å²) in [5, 5.41) is 8.59. The number of aromatic amines is 1. The number of carbonyl (C=O) groups excluding carboxylic acids is 1. The molecule has 2 aliphatic rings. The summed E-state index contributed by atoms with van der Waals surface area (Å²) in [4.78, 5) is 25.2. The van der Waals surface area contributed by atoms with Gasteiger partial charge in [-0.05, 0) is 30.7 Å². The third-order valence-electron chi connectivity index (χ3n) is 7.43. The maximum absolute atomic E-state index is 16.6. The zero-order valence-electron chi connectivity index (χ0n) is 21.5. The SMILES string of the molecule is C=CC(=O)N1CCN(c2nc(OC3CCOCC3)nc3c(F)c(-c4c(C)ccc5[nH]ncc45)c(Cl)cc23)CC1. The summed E-state index contributed by atoms with van der Waals surface area (Å²) in [6, 6.07) is 5.65. The standard InChI is InChI=1S/C28H28ClFN6O3/c1-3-22(37)35-8-10-36(11-9-35)27-18-14-20(29)24(23-16(2)4-5-21-19(23)15-31-34-21)25(30)26(18)32-28(33-27)39-17-6-12-38-13-7-17/h3-5,14-15,17H,1,6-13H2,2H3,(H,31,34). The molecule has 6 rings (SSSR count). The maximum Gasteiger partial charge on any atom is 0.319 e. The highest BCUT2D eigenvalue weighted by molar-refractivity contribution is 6.35. The number of H-pyrrole nitrogens is 1. The van der Waals surface area contributed by atoms with E-state index in [9.17, 15) is 4.79 Å². The Bertz CT molecular complexity index is 1580. The fourth-order valence-corrected chi connectivity index (χ4v) is 5.64. The highest BCUT2D eigenvalue weighted by Crippen LogP contribution is 2.42. The lowest BCUT2D eigenvalue weighted by molar-refractivity contribution is -0.126. The minimum atomic E-state index is -0.546. The van der Waals surface area contributed by atoms with Gasteiger partial charge >= 0.3 is 6.01 Å². The molecule has 4 aromatic rings. The van der Waals surface area contributed by atoms with Gasteiger partial charge in [0, 0.05) is 60.9 Å². The number of aromatic nitrogens is 4. The molecular formula is C28H28ClFN6O3. The van der Waals surface area contributed by atoms with Crippen LogP contribution in [0.5, 0.6) is 6.01 Å². The lowest BCUT2D eigenvalue weighted by Crippen LogP contribution is -2.48. The van der Waals surface area contributed by atoms with Crippen LogP contribution < -0.4 is 9.64 Å². The van der Waals surface area contributed by atoms with Gasteiger partial charge in [-0.25, -0.2) is 4.39 Å². The summed E-state index contributed by atoms with van der Waals surface area (Å²) in [7, 11) is 0. The van der Waals surface area contributed by atoms with Gasteiger partial charge in [-0.2, -0.15) is 15.1 Å². The van der Waals surface area contributed by atoms with E-state index in [1.807, 2.05) is 24.0 Å². The Kier molecular flexibility index (Phi) is 6.82. The zero-order valence-corrected chi connectivity index (χ0v) is 22.3. The first-order valence-corrected chi connectivity index (χ1v) is 13.4. The van der Waals surface area contributed by atoms with Crippen LogP contribution in [0.25, 0.3) is 32.9 Å². The molecule has 2 aromatic heterocycles. The number of fused-ring (bicyclic) bond motifs is 2. The van der Waals surface area contributed by atoms with E-state index in [2.05, 4.69) is 21.8 Å². The van der Waals surface area contributed by atoms with Crippen molar-refractivity contribution < 1.29 is 18.7 Å². The van der Waals surface area contributed by atoms with Crippen LogP contribution >= 0.6 is 11.6 Å². The van der Waals surface area contributed by atoms with Crippen LogP contribution in [0.4, 0.5) is 10.2 Å². The molecule has 1 N–H and O–H groups in total. The van der Waals surface area contributed by atoms with Crippen molar-refractivity contribution in [2.45, 2.75) is 25.9 Å². The average Bonchev–Trinajstić information content (AvgIpc) is 3.43. The average molecular weight is 551 g/mol. The van der Waals surface area contributed by atoms with Crippen molar-refractivity contribution in [1.29, 1.82) is 0 Å². The van der Waals surface area contributed by atoms with Crippen LogP contribution in [0.3, 0.4) is 0 Å². The number of rotatable bonds is 5. The van der Waals surface area contributed by atoms with E-state index in [0.717, 1.165) is 16.5 Å². The Morgan fingerprint density at radius 3 is 2.69 bits per heavy atom. The number of hydrogen-bond donors (Lipinski definition) is 1. The minimum absolute atomic E-state index is 0.111. The van der Waals surface area contributed by atoms with E-state index >= 15 is 4.39 Å². The second-order valence-corrected chi connectivity index (χ2v) is 10.2. The van der Waals surface area contributed by atoms with E-state index in [1.165, 1.54) is 6.08 Å². The van der Waals surface area contributed by atoms with E-state index < -0.39 is 5.82 Å². The molecule has 39 heavy (non-hydrogen) atoms. The number of hydrogen-bond acceptors (Lipinski definition) is 7. The first-order valence-electron chi connectivity index (χ1n) is 13.0. The van der Waals surface area contributed by atoms with Gasteiger partial charge < -0.3 is 19.3 Å². The van der Waals surface area contributed by atoms with Crippen LogP contribution in [0.1, 0.15) is 18.4 Å². The lowest BCUT2D eigenvalue weighted by atomic mass is 9.95. The first-order chi connectivity index (χ1) is 18.9. The van der Waals surface area contributed by atoms with Gasteiger partial charge in [0.15, 0.2) is 5.82 Å². The molecule has 4 heterocycles. The largest absolute Gasteiger partial charge is 0.460 e. The number of anilines is 1. The summed E-state index contributed by atoms with van der Waals surface area (Å²) in [6.07, 6.45) is 4.27. The fourth-order valence-electron chi connectivity index (χ4n) is 5.35. The van der Waals surface area contributed by atoms with E-state index in [4.69, 9.17) is 26.1 Å². The van der Waals surface area contributed by atoms with Crippen molar-refractivity contribution in [3.63, 3.8) is 0 Å². The van der Waals surface area contributed by atoms with Gasteiger partial charge in [-0.3, -0.25) is 9.89 Å². The number of piperazine rings is 1. The molecule has 2 fully saturated rings. The number of nitrogens with zero attached hydrogens (tertiary/aromatic N) is 5. The quantitative estimate of drug-likeness (QED) is 0.361. The summed E-state index contributed by atoms with van der Waals surface area (Å²) in [5.41, 5.74) is 2.70. The van der Waals surface area contributed by atoms with Gasteiger partial charge in [-0.15, -0.1) is 0 Å². The van der Waals surface area contributed by atoms with Crippen molar-refractivity contribution in [1.82, 2.24) is 25.1 Å². The van der Waals surface area contributed by atoms with Gasteiger partial charge in [-0.1, -0.05) is 24.2 Å². The number of benzene rings is 2. The molecule has 0 radical (unpaired) electrons. The van der Waals surface area contributed by atoms with Crippen LogP contribution in [-0.4, -0.2) is 76.5 Å². The minimum Gasteiger partial charge on any atom is -0.460 e. The molecule has 1 amide bonds. The monoisotopic (exact) mass is 550 g/mol. The summed E-state index contributed by atoms with van der Waals surface area (Å²) in [5.74, 6) is -0.137. The Labute approximate surface area is 229 Å². The van der Waals surface area contributed by atoms with E-state index in [0.29, 0.717) is 69.0 Å². The second kappa shape index (κ2) is 10.4. The van der Waals surface area contributed by atoms with Crippen molar-refractivity contribution >= 4 is 45.1 Å². The molecule has 0 atom stereocenters. The Morgan fingerprint density at radius 1 is 1.18 bits per heavy atom.